The van der Waals surface area contributed by atoms with E-state index in [1.54, 1.807) is 0 Å². The van der Waals surface area contributed by atoms with Crippen molar-refractivity contribution in [3.05, 3.63) is 16.4 Å². The summed E-state index contributed by atoms with van der Waals surface area (Å²) in [6.07, 6.45) is 4.83. The maximum atomic E-state index is 11.1. The van der Waals surface area contributed by atoms with Gasteiger partial charge < -0.3 is 15.8 Å². The molecule has 0 amide bonds. The molecule has 0 radical (unpaired) electrons. The van der Waals surface area contributed by atoms with E-state index in [-0.39, 0.29) is 29.5 Å². The van der Waals surface area contributed by atoms with Crippen molar-refractivity contribution in [3.8, 4) is 5.88 Å². The number of nitrogens with zero attached hydrogens (tertiary/aromatic N) is 3. The molecule has 0 saturated heterocycles. The van der Waals surface area contributed by atoms with Gasteiger partial charge in [0.05, 0.1) is 12.0 Å². The van der Waals surface area contributed by atoms with Crippen LogP contribution in [-0.4, -0.2) is 34.1 Å². The smallest absolute Gasteiger partial charge is 0.372 e. The van der Waals surface area contributed by atoms with Crippen LogP contribution in [-0.2, 0) is 0 Å². The fraction of sp³-hybridized carbons (Fsp3) is 0.636. The monoisotopic (exact) mass is 267 g/mol. The first-order chi connectivity index (χ1) is 9.11. The minimum absolute atomic E-state index is 0.0324. The summed E-state index contributed by atoms with van der Waals surface area (Å²) in [5, 5.41) is 14.2. The van der Waals surface area contributed by atoms with Crippen LogP contribution in [0.4, 0.5) is 11.5 Å². The number of rotatable bonds is 4. The van der Waals surface area contributed by atoms with Gasteiger partial charge in [-0.25, -0.2) is 4.98 Å². The van der Waals surface area contributed by atoms with Crippen LogP contribution >= 0.6 is 0 Å². The number of nitro groups is 1. The Bertz CT molecular complexity index is 460. The zero-order valence-electron chi connectivity index (χ0n) is 10.7. The lowest BCUT2D eigenvalue weighted by atomic mass is 9.92. The number of methoxy groups -OCH3 is 1. The molecule has 8 heteroatoms. The van der Waals surface area contributed by atoms with Crippen LogP contribution in [0.2, 0.25) is 0 Å². The molecule has 1 aliphatic rings. The quantitative estimate of drug-likeness (QED) is 0.619. The molecule has 2 rings (SSSR count). The third-order valence-corrected chi connectivity index (χ3v) is 3.28. The molecule has 19 heavy (non-hydrogen) atoms. The highest BCUT2D eigenvalue weighted by atomic mass is 16.6. The lowest BCUT2D eigenvalue weighted by Gasteiger charge is -2.26. The Balaban J connectivity index is 2.17. The van der Waals surface area contributed by atoms with E-state index in [1.807, 2.05) is 0 Å². The van der Waals surface area contributed by atoms with E-state index in [0.717, 1.165) is 25.7 Å². The SMILES string of the molecule is COc1ncnc(NC2CCC(N)CC2)c1[N+](=O)[O-]. The maximum Gasteiger partial charge on any atom is 0.372 e. The van der Waals surface area contributed by atoms with Crippen LogP contribution in [0.3, 0.4) is 0 Å². The van der Waals surface area contributed by atoms with E-state index < -0.39 is 4.92 Å². The number of nitrogens with one attached hydrogen (secondary N) is 1. The number of hydrogen-bond donors (Lipinski definition) is 2. The first kappa shape index (κ1) is 13.5. The van der Waals surface area contributed by atoms with Gasteiger partial charge in [-0.3, -0.25) is 10.1 Å². The summed E-state index contributed by atoms with van der Waals surface area (Å²) in [5.74, 6) is 0.173. The van der Waals surface area contributed by atoms with Crippen molar-refractivity contribution in [1.82, 2.24) is 9.97 Å². The third kappa shape index (κ3) is 3.08. The Morgan fingerprint density at radius 1 is 1.42 bits per heavy atom. The molecule has 1 aromatic heterocycles. The summed E-state index contributed by atoms with van der Waals surface area (Å²) in [7, 11) is 1.35. The lowest BCUT2D eigenvalue weighted by molar-refractivity contribution is -0.385. The van der Waals surface area contributed by atoms with Crippen LogP contribution in [0.5, 0.6) is 5.88 Å². The van der Waals surface area contributed by atoms with Crippen LogP contribution in [0.1, 0.15) is 25.7 Å². The molecule has 0 bridgehead atoms. The summed E-state index contributed by atoms with van der Waals surface area (Å²) in [6.45, 7) is 0. The van der Waals surface area contributed by atoms with Gasteiger partial charge in [-0.05, 0) is 25.7 Å². The lowest BCUT2D eigenvalue weighted by Crippen LogP contribution is -2.33. The highest BCUT2D eigenvalue weighted by Crippen LogP contribution is 2.32. The molecular weight excluding hydrogens is 250 g/mol. The van der Waals surface area contributed by atoms with Crippen LogP contribution in [0.25, 0.3) is 0 Å². The third-order valence-electron chi connectivity index (χ3n) is 3.28. The number of hydrogen-bond acceptors (Lipinski definition) is 7. The Labute approximate surface area is 110 Å². The van der Waals surface area contributed by atoms with Gasteiger partial charge in [-0.1, -0.05) is 0 Å². The Kier molecular flexibility index (Phi) is 4.10. The van der Waals surface area contributed by atoms with Crippen molar-refractivity contribution in [1.29, 1.82) is 0 Å². The van der Waals surface area contributed by atoms with Gasteiger partial charge in [-0.2, -0.15) is 4.98 Å². The van der Waals surface area contributed by atoms with E-state index in [4.69, 9.17) is 10.5 Å². The van der Waals surface area contributed by atoms with Crippen molar-refractivity contribution in [2.45, 2.75) is 37.8 Å². The zero-order chi connectivity index (χ0) is 13.8. The summed E-state index contributed by atoms with van der Waals surface area (Å²) < 4.78 is 4.90. The Hall–Kier alpha value is -1.96. The molecule has 0 aliphatic heterocycles. The molecule has 0 aromatic carbocycles. The van der Waals surface area contributed by atoms with Gasteiger partial charge >= 0.3 is 5.69 Å². The van der Waals surface area contributed by atoms with Crippen molar-refractivity contribution in [2.75, 3.05) is 12.4 Å². The molecule has 0 spiro atoms. The molecular formula is C11H17N5O3. The van der Waals surface area contributed by atoms with Gasteiger partial charge in [-0.15, -0.1) is 0 Å². The summed E-state index contributed by atoms with van der Waals surface area (Å²) in [5.41, 5.74) is 5.61. The van der Waals surface area contributed by atoms with E-state index in [2.05, 4.69) is 15.3 Å². The van der Waals surface area contributed by atoms with Crippen LogP contribution in [0.15, 0.2) is 6.33 Å². The first-order valence-electron chi connectivity index (χ1n) is 6.17. The van der Waals surface area contributed by atoms with Gasteiger partial charge in [0.25, 0.3) is 5.88 Å². The number of anilines is 1. The molecule has 1 saturated carbocycles. The topological polar surface area (TPSA) is 116 Å². The normalized spacial score (nSPS) is 22.8. The first-order valence-corrected chi connectivity index (χ1v) is 6.17. The molecule has 1 aromatic rings. The van der Waals surface area contributed by atoms with E-state index in [9.17, 15) is 10.1 Å². The fourth-order valence-corrected chi connectivity index (χ4v) is 2.24. The van der Waals surface area contributed by atoms with E-state index in [0.29, 0.717) is 0 Å². The van der Waals surface area contributed by atoms with Crippen molar-refractivity contribution < 1.29 is 9.66 Å². The van der Waals surface area contributed by atoms with Gasteiger partial charge in [0, 0.05) is 12.1 Å². The fourth-order valence-electron chi connectivity index (χ4n) is 2.24. The van der Waals surface area contributed by atoms with Crippen molar-refractivity contribution in [3.63, 3.8) is 0 Å². The number of nitrogens with two attached hydrogens (primary N) is 1. The van der Waals surface area contributed by atoms with E-state index >= 15 is 0 Å². The van der Waals surface area contributed by atoms with Gasteiger partial charge in [0.15, 0.2) is 0 Å². The van der Waals surface area contributed by atoms with Crippen molar-refractivity contribution in [2.24, 2.45) is 5.73 Å². The molecule has 0 atom stereocenters. The molecule has 1 heterocycles. The average Bonchev–Trinajstić information content (AvgIpc) is 2.40. The molecule has 3 N–H and O–H groups in total. The van der Waals surface area contributed by atoms with Crippen LogP contribution < -0.4 is 15.8 Å². The number of ether oxygens (including phenoxy) is 1. The predicted octanol–water partition coefficient (Wildman–Crippen LogP) is 1.08. The number of aromatic nitrogens is 2. The van der Waals surface area contributed by atoms with Gasteiger partial charge in [0.2, 0.25) is 5.82 Å². The summed E-state index contributed by atoms with van der Waals surface area (Å²) >= 11 is 0. The second-order valence-electron chi connectivity index (χ2n) is 4.59. The maximum absolute atomic E-state index is 11.1. The minimum atomic E-state index is -0.532. The molecule has 8 nitrogen and oxygen atoms in total. The highest BCUT2D eigenvalue weighted by molar-refractivity contribution is 5.61. The average molecular weight is 267 g/mol. The van der Waals surface area contributed by atoms with E-state index in [1.165, 1.54) is 13.4 Å². The molecule has 1 fully saturated rings. The second kappa shape index (κ2) is 5.79. The second-order valence-corrected chi connectivity index (χ2v) is 4.59. The molecule has 0 unspecified atom stereocenters. The van der Waals surface area contributed by atoms with Crippen LogP contribution in [0, 0.1) is 10.1 Å². The highest BCUT2D eigenvalue weighted by Gasteiger charge is 2.27. The predicted molar refractivity (Wildman–Crippen MR) is 69.1 cm³/mol. The molecule has 1 aliphatic carbocycles. The van der Waals surface area contributed by atoms with Crippen molar-refractivity contribution >= 4 is 11.5 Å². The van der Waals surface area contributed by atoms with Gasteiger partial charge in [0.1, 0.15) is 6.33 Å². The summed E-state index contributed by atoms with van der Waals surface area (Å²) in [6, 6.07) is 0.381. The zero-order valence-corrected chi connectivity index (χ0v) is 10.7. The molecule has 104 valence electrons. The summed E-state index contributed by atoms with van der Waals surface area (Å²) in [4.78, 5) is 18.2. The minimum Gasteiger partial charge on any atom is -0.476 e. The Morgan fingerprint density at radius 3 is 2.68 bits per heavy atom. The standard InChI is InChI=1S/C11H17N5O3/c1-19-11-9(16(17)18)10(13-6-14-11)15-8-4-2-7(12)3-5-8/h6-8H,2-5,12H2,1H3,(H,13,14,15). The Morgan fingerprint density at radius 2 is 2.11 bits per heavy atom. The largest absolute Gasteiger partial charge is 0.476 e.